The summed E-state index contributed by atoms with van der Waals surface area (Å²) in [5.41, 5.74) is -0.540. The quantitative estimate of drug-likeness (QED) is 0.629. The minimum atomic E-state index is -4.61. The van der Waals surface area contributed by atoms with Crippen molar-refractivity contribution >= 4 is 28.9 Å². The highest BCUT2D eigenvalue weighted by molar-refractivity contribution is 7.98. The van der Waals surface area contributed by atoms with E-state index in [9.17, 15) is 18.0 Å². The molecule has 0 aliphatic rings. The largest absolute Gasteiger partial charge is 0.417 e. The lowest BCUT2D eigenvalue weighted by Crippen LogP contribution is -2.16. The first-order valence-corrected chi connectivity index (χ1v) is 7.92. The number of amides is 1. The third-order valence-electron chi connectivity index (χ3n) is 3.03. The van der Waals surface area contributed by atoms with Gasteiger partial charge < -0.3 is 5.32 Å². The third-order valence-corrected chi connectivity index (χ3v) is 3.83. The van der Waals surface area contributed by atoms with E-state index in [-0.39, 0.29) is 5.56 Å². The smallest absolute Gasteiger partial charge is 0.321 e. The van der Waals surface area contributed by atoms with Crippen LogP contribution in [0.3, 0.4) is 0 Å². The van der Waals surface area contributed by atoms with Gasteiger partial charge in [-0.1, -0.05) is 42.5 Å². The topological polar surface area (TPSA) is 29.1 Å². The predicted octanol–water partition coefficient (Wildman–Crippen LogP) is 4.99. The fourth-order valence-electron chi connectivity index (χ4n) is 1.99. The number of benzene rings is 2. The van der Waals surface area contributed by atoms with E-state index in [1.807, 2.05) is 6.26 Å². The van der Waals surface area contributed by atoms with Gasteiger partial charge in [-0.05, 0) is 24.0 Å². The molecule has 0 aromatic heterocycles. The van der Waals surface area contributed by atoms with Crippen LogP contribution < -0.4 is 5.32 Å². The Morgan fingerprint density at radius 2 is 1.65 bits per heavy atom. The van der Waals surface area contributed by atoms with Gasteiger partial charge in [-0.25, -0.2) is 0 Å². The maximum absolute atomic E-state index is 13.2. The highest BCUT2D eigenvalue weighted by Gasteiger charge is 2.35. The number of thioether (sulfide) groups is 1. The minimum Gasteiger partial charge on any atom is -0.321 e. The summed E-state index contributed by atoms with van der Waals surface area (Å²) in [5.74, 6) is -0.817. The van der Waals surface area contributed by atoms with Gasteiger partial charge in [0.2, 0.25) is 5.91 Å². The zero-order chi connectivity index (χ0) is 16.9. The summed E-state index contributed by atoms with van der Waals surface area (Å²) < 4.78 is 39.6. The molecule has 2 nitrogen and oxygen atoms in total. The molecule has 1 N–H and O–H groups in total. The van der Waals surface area contributed by atoms with Gasteiger partial charge in [-0.15, -0.1) is 11.8 Å². The normalized spacial score (nSPS) is 12.1. The number of carbonyl (C=O) groups excluding carboxylic acids is 1. The first kappa shape index (κ1) is 17.1. The van der Waals surface area contributed by atoms with Gasteiger partial charge in [0.15, 0.2) is 0 Å². The van der Waals surface area contributed by atoms with Gasteiger partial charge in [0.05, 0.1) is 11.3 Å². The number of alkyl halides is 3. The molecular formula is C17H14F3NOS. The van der Waals surface area contributed by atoms with Crippen molar-refractivity contribution in [1.82, 2.24) is 0 Å². The van der Waals surface area contributed by atoms with Crippen LogP contribution in [0.5, 0.6) is 0 Å². The van der Waals surface area contributed by atoms with E-state index in [1.165, 1.54) is 36.0 Å². The van der Waals surface area contributed by atoms with Gasteiger partial charge in [-0.3, -0.25) is 4.79 Å². The fourth-order valence-corrected chi connectivity index (χ4v) is 2.55. The van der Waals surface area contributed by atoms with E-state index in [2.05, 4.69) is 5.32 Å². The lowest BCUT2D eigenvalue weighted by Gasteiger charge is -2.13. The Morgan fingerprint density at radius 1 is 1.04 bits per heavy atom. The fraction of sp³-hybridized carbons (Fsp3) is 0.118. The standard InChI is InChI=1S/C17H14F3NOS/c1-23-15-10-6-5-9-14(15)21-16(22)11-13(17(18,19)20)12-7-3-2-4-8-12/h2-11H,1H3,(H,21,22)/b13-11-. The number of para-hydroxylation sites is 1. The summed E-state index contributed by atoms with van der Waals surface area (Å²) in [7, 11) is 0. The Labute approximate surface area is 136 Å². The number of anilines is 1. The Kier molecular flexibility index (Phi) is 5.50. The van der Waals surface area contributed by atoms with E-state index in [0.717, 1.165) is 4.90 Å². The van der Waals surface area contributed by atoms with Crippen LogP contribution in [-0.2, 0) is 4.79 Å². The summed E-state index contributed by atoms with van der Waals surface area (Å²) in [4.78, 5) is 12.8. The molecule has 0 saturated heterocycles. The van der Waals surface area contributed by atoms with Crippen molar-refractivity contribution in [2.24, 2.45) is 0 Å². The van der Waals surface area contributed by atoms with Crippen LogP contribution in [0.25, 0.3) is 5.57 Å². The van der Waals surface area contributed by atoms with Gasteiger partial charge in [0.25, 0.3) is 0 Å². The first-order valence-electron chi connectivity index (χ1n) is 6.70. The van der Waals surface area contributed by atoms with Crippen LogP contribution in [0.15, 0.2) is 65.6 Å². The van der Waals surface area contributed by atoms with E-state index >= 15 is 0 Å². The van der Waals surface area contributed by atoms with Gasteiger partial charge in [-0.2, -0.15) is 13.2 Å². The molecule has 0 atom stereocenters. The molecule has 23 heavy (non-hydrogen) atoms. The van der Waals surface area contributed by atoms with Crippen molar-refractivity contribution in [2.45, 2.75) is 11.1 Å². The number of hydrogen-bond acceptors (Lipinski definition) is 2. The number of nitrogens with one attached hydrogen (secondary N) is 1. The summed E-state index contributed by atoms with van der Waals surface area (Å²) in [6.45, 7) is 0. The molecule has 0 unspecified atom stereocenters. The van der Waals surface area contributed by atoms with Crippen LogP contribution >= 0.6 is 11.8 Å². The molecule has 0 heterocycles. The lowest BCUT2D eigenvalue weighted by atomic mass is 10.1. The second-order valence-electron chi connectivity index (χ2n) is 4.61. The van der Waals surface area contributed by atoms with E-state index in [1.54, 1.807) is 30.3 Å². The van der Waals surface area contributed by atoms with Crippen molar-refractivity contribution in [3.05, 3.63) is 66.2 Å². The highest BCUT2D eigenvalue weighted by Crippen LogP contribution is 2.34. The average Bonchev–Trinajstić information content (AvgIpc) is 2.53. The van der Waals surface area contributed by atoms with Crippen molar-refractivity contribution in [3.63, 3.8) is 0 Å². The molecule has 0 fully saturated rings. The Hall–Kier alpha value is -2.21. The van der Waals surface area contributed by atoms with E-state index in [0.29, 0.717) is 11.8 Å². The van der Waals surface area contributed by atoms with Crippen molar-refractivity contribution in [2.75, 3.05) is 11.6 Å². The van der Waals surface area contributed by atoms with Crippen molar-refractivity contribution < 1.29 is 18.0 Å². The zero-order valence-electron chi connectivity index (χ0n) is 12.2. The zero-order valence-corrected chi connectivity index (χ0v) is 13.0. The van der Waals surface area contributed by atoms with Gasteiger partial charge >= 0.3 is 6.18 Å². The molecule has 120 valence electrons. The summed E-state index contributed by atoms with van der Waals surface area (Å²) >= 11 is 1.40. The molecule has 0 aliphatic heterocycles. The molecule has 6 heteroatoms. The monoisotopic (exact) mass is 337 g/mol. The maximum atomic E-state index is 13.2. The molecule has 1 amide bonds. The molecule has 0 spiro atoms. The highest BCUT2D eigenvalue weighted by atomic mass is 32.2. The van der Waals surface area contributed by atoms with Crippen LogP contribution in [0.1, 0.15) is 5.56 Å². The summed E-state index contributed by atoms with van der Waals surface area (Å²) in [6, 6.07) is 14.2. The molecule has 0 bridgehead atoms. The SMILES string of the molecule is CSc1ccccc1NC(=O)/C=C(/c1ccccc1)C(F)(F)F. The van der Waals surface area contributed by atoms with Crippen molar-refractivity contribution in [3.8, 4) is 0 Å². The Balaban J connectivity index is 2.31. The molecule has 0 radical (unpaired) electrons. The van der Waals surface area contributed by atoms with Gasteiger partial charge in [0.1, 0.15) is 0 Å². The molecule has 0 saturated carbocycles. The summed E-state index contributed by atoms with van der Waals surface area (Å²) in [5, 5.41) is 2.50. The molecule has 2 aromatic carbocycles. The third kappa shape index (κ3) is 4.63. The number of carbonyl (C=O) groups is 1. The number of rotatable bonds is 4. The van der Waals surface area contributed by atoms with Crippen LogP contribution in [0, 0.1) is 0 Å². The van der Waals surface area contributed by atoms with Crippen LogP contribution in [-0.4, -0.2) is 18.3 Å². The number of halogens is 3. The maximum Gasteiger partial charge on any atom is 0.417 e. The summed E-state index contributed by atoms with van der Waals surface area (Å²) in [6.07, 6.45) is -2.20. The Morgan fingerprint density at radius 3 is 2.26 bits per heavy atom. The predicted molar refractivity (Wildman–Crippen MR) is 87.3 cm³/mol. The van der Waals surface area contributed by atoms with E-state index < -0.39 is 17.7 Å². The lowest BCUT2D eigenvalue weighted by molar-refractivity contribution is -0.112. The average molecular weight is 337 g/mol. The van der Waals surface area contributed by atoms with E-state index in [4.69, 9.17) is 0 Å². The second-order valence-corrected chi connectivity index (χ2v) is 5.46. The Bertz CT molecular complexity index is 711. The number of hydrogen-bond donors (Lipinski definition) is 1. The molecular weight excluding hydrogens is 323 g/mol. The molecule has 2 aromatic rings. The first-order chi connectivity index (χ1) is 10.9. The molecule has 0 aliphatic carbocycles. The number of allylic oxidation sites excluding steroid dienone is 1. The molecule has 2 rings (SSSR count). The van der Waals surface area contributed by atoms with Crippen LogP contribution in [0.2, 0.25) is 0 Å². The minimum absolute atomic E-state index is 0.0479. The van der Waals surface area contributed by atoms with Crippen molar-refractivity contribution in [1.29, 1.82) is 0 Å². The second kappa shape index (κ2) is 7.37. The van der Waals surface area contributed by atoms with Gasteiger partial charge in [0, 0.05) is 11.0 Å². The van der Waals surface area contributed by atoms with Crippen LogP contribution in [0.4, 0.5) is 18.9 Å².